The summed E-state index contributed by atoms with van der Waals surface area (Å²) in [6.45, 7) is 2.17. The molecule has 0 rings (SSSR count). The average Bonchev–Trinajstić information content (AvgIpc) is 1.61. The zero-order valence-electron chi connectivity index (χ0n) is 4.91. The van der Waals surface area contributed by atoms with Gasteiger partial charge in [0.05, 0.1) is 0 Å². The van der Waals surface area contributed by atoms with E-state index in [9.17, 15) is 0 Å². The van der Waals surface area contributed by atoms with Crippen LogP contribution >= 0.6 is 11.6 Å². The second kappa shape index (κ2) is 10.2. The Morgan fingerprint density at radius 3 is 2.00 bits per heavy atom. The van der Waals surface area contributed by atoms with Crippen LogP contribution < -0.4 is 0 Å². The van der Waals surface area contributed by atoms with E-state index in [1.807, 2.05) is 0 Å². The van der Waals surface area contributed by atoms with E-state index in [4.69, 9.17) is 11.6 Å². The molecule has 0 aromatic carbocycles. The van der Waals surface area contributed by atoms with Crippen LogP contribution in [0.1, 0.15) is 26.2 Å². The van der Waals surface area contributed by atoms with E-state index in [-0.39, 0.29) is 27.3 Å². The van der Waals surface area contributed by atoms with Crippen molar-refractivity contribution in [3.05, 3.63) is 0 Å². The van der Waals surface area contributed by atoms with Crippen LogP contribution in [-0.4, -0.2) is 33.2 Å². The van der Waals surface area contributed by atoms with Gasteiger partial charge in [-0.2, -0.15) is 0 Å². The third kappa shape index (κ3) is 11.0. The zero-order valence-corrected chi connectivity index (χ0v) is 11.2. The fourth-order valence-corrected chi connectivity index (χ4v) is 0.533. The molecule has 0 unspecified atom stereocenters. The van der Waals surface area contributed by atoms with E-state index in [0.717, 1.165) is 5.88 Å². The number of hydrogen-bond acceptors (Lipinski definition) is 0. The van der Waals surface area contributed by atoms with Crippen LogP contribution in [-0.2, 0) is 0 Å². The van der Waals surface area contributed by atoms with Crippen molar-refractivity contribution in [2.24, 2.45) is 0 Å². The van der Waals surface area contributed by atoms with Gasteiger partial charge in [0.1, 0.15) is 0 Å². The quantitative estimate of drug-likeness (QED) is 0.421. The van der Waals surface area contributed by atoms with Crippen molar-refractivity contribution in [3.8, 4) is 0 Å². The monoisotopic (exact) mass is 316 g/mol. The average molecular weight is 316 g/mol. The first-order valence-electron chi connectivity index (χ1n) is 2.47. The van der Waals surface area contributed by atoms with Gasteiger partial charge in [-0.15, -0.1) is 11.6 Å². The van der Waals surface area contributed by atoms with Gasteiger partial charge in [0.15, 0.2) is 0 Å². The van der Waals surface area contributed by atoms with Crippen molar-refractivity contribution < 1.29 is 0 Å². The second-order valence-corrected chi connectivity index (χ2v) is 1.77. The molecule has 0 amide bonds. The minimum absolute atomic E-state index is 0. The fourth-order valence-electron chi connectivity index (χ4n) is 0.344. The predicted octanol–water partition coefficient (Wildman–Crippen LogP) is 1.50. The molecule has 0 nitrogen and oxygen atoms in total. The molecule has 0 bridgehead atoms. The minimum atomic E-state index is 0. The Morgan fingerprint density at radius 1 is 1.29 bits per heavy atom. The van der Waals surface area contributed by atoms with Crippen LogP contribution in [0.4, 0.5) is 0 Å². The Kier molecular flexibility index (Phi) is 16.2. The van der Waals surface area contributed by atoms with Crippen molar-refractivity contribution in [2.45, 2.75) is 26.2 Å². The van der Waals surface area contributed by atoms with Gasteiger partial charge in [-0.3, -0.25) is 0 Å². The Hall–Kier alpha value is 1.21. The van der Waals surface area contributed by atoms with Crippen LogP contribution in [0, 0.1) is 0 Å². The summed E-state index contributed by atoms with van der Waals surface area (Å²) in [6.07, 6.45) is 3.73. The Balaban J connectivity index is 0. The van der Waals surface area contributed by atoms with E-state index < -0.39 is 0 Å². The molecule has 0 aromatic heterocycles. The molecule has 0 aliphatic rings. The third-order valence-corrected chi connectivity index (χ3v) is 1.00. The number of hydrogen-bond donors (Lipinski definition) is 0. The number of alkyl halides is 1. The Morgan fingerprint density at radius 2 is 1.86 bits per heavy atom. The maximum atomic E-state index is 5.38. The van der Waals surface area contributed by atoms with Crippen molar-refractivity contribution >= 4 is 38.9 Å². The van der Waals surface area contributed by atoms with E-state index in [1.54, 1.807) is 0 Å². The Bertz CT molecular complexity index is 20.0. The van der Waals surface area contributed by atoms with Crippen LogP contribution in [0.3, 0.4) is 0 Å². The second-order valence-electron chi connectivity index (χ2n) is 1.40. The van der Waals surface area contributed by atoms with Crippen LogP contribution in [0.25, 0.3) is 0 Å². The summed E-state index contributed by atoms with van der Waals surface area (Å²) in [5, 5.41) is 0. The first-order chi connectivity index (χ1) is 2.91. The van der Waals surface area contributed by atoms with Crippen molar-refractivity contribution in [1.82, 2.24) is 0 Å². The molecular formula is C5H13ClPb. The Labute approximate surface area is 70.8 Å². The van der Waals surface area contributed by atoms with Gasteiger partial charge in [0.25, 0.3) is 0 Å². The summed E-state index contributed by atoms with van der Waals surface area (Å²) in [5.74, 6) is 0.827. The van der Waals surface area contributed by atoms with E-state index in [0.29, 0.717) is 0 Å². The summed E-state index contributed by atoms with van der Waals surface area (Å²) < 4.78 is 0. The van der Waals surface area contributed by atoms with Crippen LogP contribution in [0.15, 0.2) is 0 Å². The summed E-state index contributed by atoms with van der Waals surface area (Å²) in [4.78, 5) is 0. The van der Waals surface area contributed by atoms with Gasteiger partial charge in [0, 0.05) is 5.88 Å². The normalized spacial score (nSPS) is 7.71. The molecule has 0 heterocycles. The molecule has 44 valence electrons. The van der Waals surface area contributed by atoms with Crippen molar-refractivity contribution in [1.29, 1.82) is 0 Å². The fraction of sp³-hybridized carbons (Fsp3) is 1.00. The molecule has 7 heavy (non-hydrogen) atoms. The molecule has 0 aromatic rings. The number of halogens is 1. The maximum absolute atomic E-state index is 5.38. The number of unbranched alkanes of at least 4 members (excludes halogenated alkanes) is 2. The summed E-state index contributed by atoms with van der Waals surface area (Å²) in [7, 11) is 0. The molecular weight excluding hydrogens is 303 g/mol. The van der Waals surface area contributed by atoms with Crippen LogP contribution in [0.5, 0.6) is 0 Å². The van der Waals surface area contributed by atoms with Gasteiger partial charge in [-0.25, -0.2) is 0 Å². The summed E-state index contributed by atoms with van der Waals surface area (Å²) in [6, 6.07) is 0. The van der Waals surface area contributed by atoms with Gasteiger partial charge in [-0.1, -0.05) is 19.8 Å². The third-order valence-electron chi connectivity index (χ3n) is 0.737. The SMILES string of the molecule is CCCCCCl.[PbH2]. The molecule has 0 saturated heterocycles. The standard InChI is InChI=1S/C5H11Cl.Pb.2H/c1-2-3-4-5-6;;;/h2-5H2,1H3;;;. The molecule has 2 radical (unpaired) electrons. The topological polar surface area (TPSA) is 0 Å². The predicted molar refractivity (Wildman–Crippen MR) is 38.8 cm³/mol. The molecule has 0 aliphatic carbocycles. The summed E-state index contributed by atoms with van der Waals surface area (Å²) >= 11 is 5.38. The van der Waals surface area contributed by atoms with Gasteiger partial charge >= 0.3 is 27.3 Å². The van der Waals surface area contributed by atoms with E-state index in [1.165, 1.54) is 19.3 Å². The molecule has 2 heteroatoms. The molecule has 0 aliphatic heterocycles. The molecule has 0 saturated carbocycles. The van der Waals surface area contributed by atoms with E-state index in [2.05, 4.69) is 6.92 Å². The number of rotatable bonds is 3. The van der Waals surface area contributed by atoms with Gasteiger partial charge in [-0.05, 0) is 6.42 Å². The summed E-state index contributed by atoms with van der Waals surface area (Å²) in [5.41, 5.74) is 0. The molecule has 0 spiro atoms. The van der Waals surface area contributed by atoms with Crippen molar-refractivity contribution in [2.75, 3.05) is 5.88 Å². The molecule has 0 fully saturated rings. The van der Waals surface area contributed by atoms with Gasteiger partial charge < -0.3 is 0 Å². The molecule has 0 N–H and O–H groups in total. The van der Waals surface area contributed by atoms with Gasteiger partial charge in [0.2, 0.25) is 0 Å². The molecule has 0 atom stereocenters. The first kappa shape index (κ1) is 11.1. The zero-order chi connectivity index (χ0) is 4.83. The van der Waals surface area contributed by atoms with Crippen LogP contribution in [0.2, 0.25) is 0 Å². The van der Waals surface area contributed by atoms with E-state index >= 15 is 0 Å². The van der Waals surface area contributed by atoms with Crippen molar-refractivity contribution in [3.63, 3.8) is 0 Å². The first-order valence-corrected chi connectivity index (χ1v) is 3.01.